The van der Waals surface area contributed by atoms with Gasteiger partial charge in [-0.05, 0) is 24.1 Å². The first-order valence-corrected chi connectivity index (χ1v) is 10.3. The lowest BCUT2D eigenvalue weighted by Crippen LogP contribution is -2.41. The Bertz CT molecular complexity index is 868. The highest BCUT2D eigenvalue weighted by molar-refractivity contribution is 7.91. The summed E-state index contributed by atoms with van der Waals surface area (Å²) >= 11 is 0. The van der Waals surface area contributed by atoms with Gasteiger partial charge in [0.15, 0.2) is 9.84 Å². The van der Waals surface area contributed by atoms with Crippen LogP contribution in [0.1, 0.15) is 28.2 Å². The number of aromatic nitrogens is 1. The summed E-state index contributed by atoms with van der Waals surface area (Å²) in [4.78, 5) is 19.1. The van der Waals surface area contributed by atoms with Crippen molar-refractivity contribution in [2.45, 2.75) is 25.6 Å². The third kappa shape index (κ3) is 4.47. The summed E-state index contributed by atoms with van der Waals surface area (Å²) in [5, 5.41) is 0. The average molecular weight is 374 g/mol. The summed E-state index contributed by atoms with van der Waals surface area (Å²) in [5.41, 5.74) is 1.93. The van der Waals surface area contributed by atoms with Crippen LogP contribution in [0.4, 0.5) is 0 Å². The Balaban J connectivity index is 1.89. The monoisotopic (exact) mass is 374 g/mol. The normalized spacial score (nSPS) is 18.6. The molecule has 1 aliphatic rings. The molecule has 1 aromatic heterocycles. The first-order chi connectivity index (χ1) is 12.5. The molecule has 1 atom stereocenters. The van der Waals surface area contributed by atoms with Crippen LogP contribution in [0.25, 0.3) is 0 Å². The number of ether oxygens (including phenoxy) is 1. The zero-order valence-corrected chi connectivity index (χ0v) is 15.5. The minimum absolute atomic E-state index is 0.00331. The molecule has 1 saturated heterocycles. The second-order valence-electron chi connectivity index (χ2n) is 6.42. The summed E-state index contributed by atoms with van der Waals surface area (Å²) in [6.07, 6.45) is 0.457. The number of amides is 1. The first-order valence-electron chi connectivity index (χ1n) is 8.49. The van der Waals surface area contributed by atoms with Gasteiger partial charge in [0.05, 0.1) is 23.8 Å². The summed E-state index contributed by atoms with van der Waals surface area (Å²) < 4.78 is 28.9. The molecule has 1 fully saturated rings. The number of carbonyl (C=O) groups is 1. The fourth-order valence-corrected chi connectivity index (χ4v) is 4.87. The van der Waals surface area contributed by atoms with Gasteiger partial charge in [0.1, 0.15) is 5.69 Å². The van der Waals surface area contributed by atoms with Crippen LogP contribution in [0.3, 0.4) is 0 Å². The minimum Gasteiger partial charge on any atom is -0.378 e. The number of carbonyl (C=O) groups excluding carboxylic acids is 1. The minimum atomic E-state index is -3.10. The number of methoxy groups -OCH3 is 1. The SMILES string of the molecule is COCc1cccc(C(=O)N(Cc2ccccc2)[C@H]2CCS(=O)(=O)C2)n1. The van der Waals surface area contributed by atoms with Gasteiger partial charge >= 0.3 is 0 Å². The summed E-state index contributed by atoms with van der Waals surface area (Å²) in [7, 11) is -1.53. The molecule has 1 aliphatic heterocycles. The van der Waals surface area contributed by atoms with Crippen LogP contribution in [0.2, 0.25) is 0 Å². The molecule has 6 nitrogen and oxygen atoms in total. The Morgan fingerprint density at radius 3 is 2.62 bits per heavy atom. The van der Waals surface area contributed by atoms with Crippen LogP contribution in [0.5, 0.6) is 0 Å². The molecule has 1 aromatic carbocycles. The number of hydrogen-bond donors (Lipinski definition) is 0. The van der Waals surface area contributed by atoms with Gasteiger partial charge in [-0.1, -0.05) is 36.4 Å². The van der Waals surface area contributed by atoms with Gasteiger partial charge in [0.2, 0.25) is 0 Å². The van der Waals surface area contributed by atoms with Crippen molar-refractivity contribution in [1.29, 1.82) is 0 Å². The molecule has 0 bridgehead atoms. The predicted octanol–water partition coefficient (Wildman–Crippen LogP) is 2.06. The standard InChI is InChI=1S/C19H22N2O4S/c1-25-13-16-8-5-9-18(20-16)19(22)21(12-15-6-3-2-4-7-15)17-10-11-26(23,24)14-17/h2-9,17H,10-14H2,1H3/t17-/m0/s1. The number of hydrogen-bond acceptors (Lipinski definition) is 5. The van der Waals surface area contributed by atoms with Crippen LogP contribution >= 0.6 is 0 Å². The largest absolute Gasteiger partial charge is 0.378 e. The Hall–Kier alpha value is -2.25. The lowest BCUT2D eigenvalue weighted by Gasteiger charge is -2.28. The van der Waals surface area contributed by atoms with E-state index in [1.807, 2.05) is 30.3 Å². The molecule has 0 spiro atoms. The van der Waals surface area contributed by atoms with E-state index in [2.05, 4.69) is 4.98 Å². The lowest BCUT2D eigenvalue weighted by atomic mass is 10.1. The molecular weight excluding hydrogens is 352 g/mol. The van der Waals surface area contributed by atoms with E-state index in [1.165, 1.54) is 0 Å². The Kier molecular flexibility index (Phi) is 5.68. The number of sulfone groups is 1. The Labute approximate surface area is 153 Å². The van der Waals surface area contributed by atoms with E-state index < -0.39 is 9.84 Å². The number of rotatable bonds is 6. The van der Waals surface area contributed by atoms with Crippen LogP contribution in [0, 0.1) is 0 Å². The number of nitrogens with zero attached hydrogens (tertiary/aromatic N) is 2. The van der Waals surface area contributed by atoms with E-state index in [1.54, 1.807) is 30.2 Å². The molecule has 7 heteroatoms. The molecular formula is C19H22N2O4S. The van der Waals surface area contributed by atoms with Gasteiger partial charge in [-0.15, -0.1) is 0 Å². The average Bonchev–Trinajstić information content (AvgIpc) is 3.00. The van der Waals surface area contributed by atoms with Crippen molar-refractivity contribution in [2.24, 2.45) is 0 Å². The second-order valence-corrected chi connectivity index (χ2v) is 8.65. The summed E-state index contributed by atoms with van der Waals surface area (Å²) in [5.74, 6) is -0.134. The highest BCUT2D eigenvalue weighted by atomic mass is 32.2. The van der Waals surface area contributed by atoms with E-state index in [4.69, 9.17) is 4.74 Å². The molecule has 3 rings (SSSR count). The molecule has 0 unspecified atom stereocenters. The van der Waals surface area contributed by atoms with Crippen LogP contribution in [0.15, 0.2) is 48.5 Å². The maximum Gasteiger partial charge on any atom is 0.273 e. The first kappa shape index (κ1) is 18.5. The van der Waals surface area contributed by atoms with Gasteiger partial charge in [-0.2, -0.15) is 0 Å². The van der Waals surface area contributed by atoms with Gasteiger partial charge in [-0.3, -0.25) is 4.79 Å². The molecule has 138 valence electrons. The highest BCUT2D eigenvalue weighted by Crippen LogP contribution is 2.22. The van der Waals surface area contributed by atoms with E-state index in [-0.39, 0.29) is 23.5 Å². The molecule has 0 radical (unpaired) electrons. The third-order valence-corrected chi connectivity index (χ3v) is 6.17. The van der Waals surface area contributed by atoms with Crippen molar-refractivity contribution in [1.82, 2.24) is 9.88 Å². The van der Waals surface area contributed by atoms with Crippen LogP contribution < -0.4 is 0 Å². The van der Waals surface area contributed by atoms with Crippen molar-refractivity contribution in [3.8, 4) is 0 Å². The Morgan fingerprint density at radius 2 is 1.96 bits per heavy atom. The maximum atomic E-state index is 13.1. The molecule has 0 saturated carbocycles. The van der Waals surface area contributed by atoms with Crippen LogP contribution in [-0.4, -0.2) is 48.9 Å². The zero-order valence-electron chi connectivity index (χ0n) is 14.7. The molecule has 1 amide bonds. The smallest absolute Gasteiger partial charge is 0.273 e. The molecule has 0 N–H and O–H groups in total. The van der Waals surface area contributed by atoms with Gasteiger partial charge < -0.3 is 9.64 Å². The van der Waals surface area contributed by atoms with Gasteiger partial charge in [0, 0.05) is 19.7 Å². The van der Waals surface area contributed by atoms with Crippen molar-refractivity contribution in [3.63, 3.8) is 0 Å². The van der Waals surface area contributed by atoms with E-state index in [0.29, 0.717) is 31.0 Å². The van der Waals surface area contributed by atoms with Crippen molar-refractivity contribution >= 4 is 15.7 Å². The van der Waals surface area contributed by atoms with Gasteiger partial charge in [-0.25, -0.2) is 13.4 Å². The fraction of sp³-hybridized carbons (Fsp3) is 0.368. The Morgan fingerprint density at radius 1 is 1.19 bits per heavy atom. The highest BCUT2D eigenvalue weighted by Gasteiger charge is 2.35. The van der Waals surface area contributed by atoms with E-state index in [0.717, 1.165) is 5.56 Å². The van der Waals surface area contributed by atoms with Crippen LogP contribution in [-0.2, 0) is 27.7 Å². The third-order valence-electron chi connectivity index (χ3n) is 4.42. The molecule has 2 aromatic rings. The predicted molar refractivity (Wildman–Crippen MR) is 98.3 cm³/mol. The molecule has 26 heavy (non-hydrogen) atoms. The van der Waals surface area contributed by atoms with Gasteiger partial charge in [0.25, 0.3) is 5.91 Å². The maximum absolute atomic E-state index is 13.1. The topological polar surface area (TPSA) is 76.6 Å². The van der Waals surface area contributed by atoms with E-state index in [9.17, 15) is 13.2 Å². The summed E-state index contributed by atoms with van der Waals surface area (Å²) in [6.45, 7) is 0.674. The van der Waals surface area contributed by atoms with Crippen molar-refractivity contribution < 1.29 is 17.9 Å². The summed E-state index contributed by atoms with van der Waals surface area (Å²) in [6, 6.07) is 14.5. The zero-order chi connectivity index (χ0) is 18.6. The number of pyridine rings is 1. The fourth-order valence-electron chi connectivity index (χ4n) is 3.14. The quantitative estimate of drug-likeness (QED) is 0.773. The molecule has 0 aliphatic carbocycles. The molecule has 2 heterocycles. The van der Waals surface area contributed by atoms with Crippen molar-refractivity contribution in [2.75, 3.05) is 18.6 Å². The lowest BCUT2D eigenvalue weighted by molar-refractivity contribution is 0.0674. The van der Waals surface area contributed by atoms with E-state index >= 15 is 0 Å². The number of benzene rings is 1. The second kappa shape index (κ2) is 7.97. The van der Waals surface area contributed by atoms with Crippen molar-refractivity contribution in [3.05, 3.63) is 65.5 Å².